The van der Waals surface area contributed by atoms with Crippen molar-refractivity contribution in [3.8, 4) is 11.8 Å². The van der Waals surface area contributed by atoms with E-state index in [4.69, 9.17) is 9.47 Å². The molecule has 0 spiro atoms. The molecule has 0 bridgehead atoms. The van der Waals surface area contributed by atoms with E-state index in [1.807, 2.05) is 0 Å². The van der Waals surface area contributed by atoms with Crippen LogP contribution in [-0.2, 0) is 49.6 Å². The number of nitrogens with zero attached hydrogens (tertiary/aromatic N) is 1. The third kappa shape index (κ3) is 12.4. The molecule has 3 unspecified atom stereocenters. The molecule has 0 aromatic heterocycles. The maximum absolute atomic E-state index is 12.9. The maximum atomic E-state index is 12.9. The maximum Gasteiger partial charge on any atom is 0.332 e. The molecule has 0 radical (unpaired) electrons. The highest BCUT2D eigenvalue weighted by Gasteiger charge is 2.32. The summed E-state index contributed by atoms with van der Waals surface area (Å²) in [6.07, 6.45) is 1.27. The second-order valence-electron chi connectivity index (χ2n) is 13.1. The van der Waals surface area contributed by atoms with Gasteiger partial charge in [0.05, 0.1) is 18.1 Å². The summed E-state index contributed by atoms with van der Waals surface area (Å²) >= 11 is 0. The number of nitrogens with one attached hydrogen (secondary N) is 3. The van der Waals surface area contributed by atoms with Crippen LogP contribution in [0.15, 0.2) is 30.4 Å². The summed E-state index contributed by atoms with van der Waals surface area (Å²) in [5.41, 5.74) is 0.418. The van der Waals surface area contributed by atoms with E-state index in [-0.39, 0.29) is 56.7 Å². The van der Waals surface area contributed by atoms with E-state index in [1.165, 1.54) is 25.1 Å². The zero-order valence-electron chi connectivity index (χ0n) is 28.6. The van der Waals surface area contributed by atoms with E-state index in [0.717, 1.165) is 4.90 Å². The fraction of sp³-hybridized carbons (Fsp3) is 0.514. The Morgan fingerprint density at radius 2 is 1.74 bits per heavy atom. The highest BCUT2D eigenvalue weighted by molar-refractivity contribution is 6.12. The van der Waals surface area contributed by atoms with Crippen LogP contribution in [0.1, 0.15) is 77.3 Å². The highest BCUT2D eigenvalue weighted by atomic mass is 16.5. The lowest BCUT2D eigenvalue weighted by Gasteiger charge is -2.27. The fourth-order valence-electron chi connectivity index (χ4n) is 4.83. The smallest absolute Gasteiger partial charge is 0.332 e. The number of anilines is 1. The van der Waals surface area contributed by atoms with Crippen molar-refractivity contribution in [3.63, 3.8) is 0 Å². The predicted octanol–water partition coefficient (Wildman–Crippen LogP) is 1.17. The minimum absolute atomic E-state index is 0.0583. The minimum Gasteiger partial charge on any atom is -0.479 e. The van der Waals surface area contributed by atoms with E-state index < -0.39 is 53.5 Å². The molecular formula is C35H44N4O11. The normalized spacial score (nSPS) is 19.2. The molecule has 0 saturated carbocycles. The summed E-state index contributed by atoms with van der Waals surface area (Å²) in [6, 6.07) is 3.72. The van der Waals surface area contributed by atoms with Crippen LogP contribution in [0, 0.1) is 17.3 Å². The molecule has 2 heterocycles. The van der Waals surface area contributed by atoms with Crippen LogP contribution in [0.3, 0.4) is 0 Å². The first-order valence-electron chi connectivity index (χ1n) is 16.3. The zero-order valence-corrected chi connectivity index (χ0v) is 28.6. The van der Waals surface area contributed by atoms with Crippen molar-refractivity contribution in [2.45, 2.75) is 97.2 Å². The van der Waals surface area contributed by atoms with E-state index >= 15 is 0 Å². The van der Waals surface area contributed by atoms with Crippen LogP contribution in [0.4, 0.5) is 5.69 Å². The van der Waals surface area contributed by atoms with Gasteiger partial charge in [-0.05, 0) is 52.7 Å². The molecule has 1 saturated heterocycles. The van der Waals surface area contributed by atoms with Crippen LogP contribution < -0.4 is 16.0 Å². The van der Waals surface area contributed by atoms with Crippen molar-refractivity contribution in [2.75, 3.05) is 18.4 Å². The Bertz CT molecular complexity index is 1550. The summed E-state index contributed by atoms with van der Waals surface area (Å²) in [7, 11) is 0. The third-order valence-electron chi connectivity index (χ3n) is 7.70. The van der Waals surface area contributed by atoms with Crippen molar-refractivity contribution < 1.29 is 53.2 Å². The van der Waals surface area contributed by atoms with Gasteiger partial charge in [-0.3, -0.25) is 33.7 Å². The summed E-state index contributed by atoms with van der Waals surface area (Å²) in [6.45, 7) is 6.39. The van der Waals surface area contributed by atoms with Crippen molar-refractivity contribution in [1.82, 2.24) is 15.5 Å². The second-order valence-corrected chi connectivity index (χ2v) is 13.1. The van der Waals surface area contributed by atoms with Crippen molar-refractivity contribution in [3.05, 3.63) is 41.5 Å². The second kappa shape index (κ2) is 18.1. The van der Waals surface area contributed by atoms with Gasteiger partial charge in [-0.2, -0.15) is 0 Å². The summed E-state index contributed by atoms with van der Waals surface area (Å²) in [5.74, 6) is 1.86. The van der Waals surface area contributed by atoms with E-state index in [2.05, 4.69) is 27.8 Å². The number of rotatable bonds is 14. The van der Waals surface area contributed by atoms with Gasteiger partial charge in [0, 0.05) is 54.8 Å². The first-order valence-corrected chi connectivity index (χ1v) is 16.3. The monoisotopic (exact) mass is 696 g/mol. The number of carbonyl (C=O) groups is 7. The Hall–Kier alpha value is -5.07. The molecule has 4 atom stereocenters. The fourth-order valence-corrected chi connectivity index (χ4v) is 4.83. The number of carboxylic acids is 1. The van der Waals surface area contributed by atoms with E-state index in [1.54, 1.807) is 32.9 Å². The number of carbonyl (C=O) groups excluding carboxylic acids is 6. The number of amides is 5. The first kappa shape index (κ1) is 39.4. The van der Waals surface area contributed by atoms with Crippen LogP contribution in [-0.4, -0.2) is 94.0 Å². The molecular weight excluding hydrogens is 652 g/mol. The molecule has 2 aliphatic rings. The SMILES string of the molecule is CC(NC(=O)CNC(=O)CCCCCN1C(=O)C=CC1=O)C(=O)Nc1ccc(COC(=O)C(C)(C)C)c(C#C[C@H]2CC(O)CC(C(=O)O)O2)c1. The van der Waals surface area contributed by atoms with Gasteiger partial charge in [0.25, 0.3) is 11.8 Å². The molecule has 0 aliphatic carbocycles. The van der Waals surface area contributed by atoms with Gasteiger partial charge in [-0.1, -0.05) is 24.3 Å². The average Bonchev–Trinajstić information content (AvgIpc) is 3.37. The van der Waals surface area contributed by atoms with Gasteiger partial charge < -0.3 is 35.6 Å². The number of aliphatic hydroxyl groups excluding tert-OH is 1. The summed E-state index contributed by atoms with van der Waals surface area (Å²) in [5, 5.41) is 27.1. The Morgan fingerprint density at radius 1 is 1.04 bits per heavy atom. The van der Waals surface area contributed by atoms with Gasteiger partial charge in [-0.15, -0.1) is 0 Å². The Labute approximate surface area is 290 Å². The zero-order chi connectivity index (χ0) is 37.0. The Balaban J connectivity index is 1.53. The molecule has 5 N–H and O–H groups in total. The largest absolute Gasteiger partial charge is 0.479 e. The standard InChI is InChI=1S/C35H44N4O11/c1-21(37-29(42)19-36-28(41)8-6-5-7-15-39-30(43)13-14-31(39)44)32(45)38-24-11-9-23(20-49-34(48)35(2,3)4)22(16-24)10-12-26-17-25(40)18-27(50-26)33(46)47/h9,11,13-14,16,21,25-27,40H,5-8,15,17-20H2,1-4H3,(H,36,41)(H,37,42)(H,38,45)(H,46,47)/t21?,25?,26-,27?/m0/s1. The van der Waals surface area contributed by atoms with Gasteiger partial charge in [0.2, 0.25) is 17.7 Å². The van der Waals surface area contributed by atoms with Crippen molar-refractivity contribution in [1.29, 1.82) is 0 Å². The lowest BCUT2D eigenvalue weighted by molar-refractivity contribution is -0.161. The Kier molecular flexibility index (Phi) is 14.2. The minimum atomic E-state index is -1.21. The van der Waals surface area contributed by atoms with Gasteiger partial charge in [0.1, 0.15) is 18.8 Å². The first-order chi connectivity index (χ1) is 23.5. The quantitative estimate of drug-likeness (QED) is 0.0805. The molecule has 1 aromatic rings. The number of ether oxygens (including phenoxy) is 2. The molecule has 1 aromatic carbocycles. The van der Waals surface area contributed by atoms with Crippen LogP contribution in [0.5, 0.6) is 0 Å². The number of carboxylic acid groups (broad SMARTS) is 1. The molecule has 270 valence electrons. The van der Waals surface area contributed by atoms with Gasteiger partial charge >= 0.3 is 11.9 Å². The molecule has 3 rings (SSSR count). The topological polar surface area (TPSA) is 218 Å². The molecule has 50 heavy (non-hydrogen) atoms. The number of aliphatic hydroxyl groups is 1. The molecule has 5 amide bonds. The lowest BCUT2D eigenvalue weighted by atomic mass is 9.97. The number of hydrogen-bond acceptors (Lipinski definition) is 10. The Morgan fingerprint density at radius 3 is 2.40 bits per heavy atom. The lowest BCUT2D eigenvalue weighted by Crippen LogP contribution is -2.45. The molecule has 15 heteroatoms. The van der Waals surface area contributed by atoms with E-state index in [0.29, 0.717) is 36.1 Å². The number of hydrogen-bond donors (Lipinski definition) is 5. The van der Waals surface area contributed by atoms with Crippen LogP contribution in [0.2, 0.25) is 0 Å². The highest BCUT2D eigenvalue weighted by Crippen LogP contribution is 2.22. The van der Waals surface area contributed by atoms with Gasteiger partial charge in [-0.25, -0.2) is 4.79 Å². The predicted molar refractivity (Wildman–Crippen MR) is 178 cm³/mol. The summed E-state index contributed by atoms with van der Waals surface area (Å²) in [4.78, 5) is 85.5. The summed E-state index contributed by atoms with van der Waals surface area (Å²) < 4.78 is 10.9. The molecule has 1 fully saturated rings. The molecule has 15 nitrogen and oxygen atoms in total. The number of aliphatic carboxylic acids is 1. The van der Waals surface area contributed by atoms with E-state index in [9.17, 15) is 43.8 Å². The number of imide groups is 1. The van der Waals surface area contributed by atoms with Crippen molar-refractivity contribution in [2.24, 2.45) is 5.41 Å². The number of benzene rings is 1. The van der Waals surface area contributed by atoms with Crippen LogP contribution in [0.25, 0.3) is 0 Å². The van der Waals surface area contributed by atoms with Crippen molar-refractivity contribution >= 4 is 47.2 Å². The third-order valence-corrected chi connectivity index (χ3v) is 7.70. The number of unbranched alkanes of at least 4 members (excludes halogenated alkanes) is 2. The van der Waals surface area contributed by atoms with Gasteiger partial charge in [0.15, 0.2) is 6.10 Å². The molecule has 2 aliphatic heterocycles. The van der Waals surface area contributed by atoms with Crippen LogP contribution >= 0.6 is 0 Å². The number of esters is 1. The average molecular weight is 697 g/mol.